The molecule has 0 saturated carbocycles. The highest BCUT2D eigenvalue weighted by Crippen LogP contribution is 2.33. The summed E-state index contributed by atoms with van der Waals surface area (Å²) in [5, 5.41) is 7.63. The van der Waals surface area contributed by atoms with Gasteiger partial charge in [0.05, 0.1) is 20.3 Å². The van der Waals surface area contributed by atoms with Gasteiger partial charge >= 0.3 is 0 Å². The molecule has 4 rings (SSSR count). The molecule has 1 saturated heterocycles. The van der Waals surface area contributed by atoms with Gasteiger partial charge in [0.1, 0.15) is 0 Å². The predicted octanol–water partition coefficient (Wildman–Crippen LogP) is 4.97. The fourth-order valence-electron chi connectivity index (χ4n) is 4.16. The third-order valence-electron chi connectivity index (χ3n) is 5.95. The minimum Gasteiger partial charge on any atom is -0.493 e. The first-order valence-electron chi connectivity index (χ1n) is 11.1. The highest BCUT2D eigenvalue weighted by atomic mass is 35.5. The first-order chi connectivity index (χ1) is 16.1. The zero-order chi connectivity index (χ0) is 23.2. The van der Waals surface area contributed by atoms with Gasteiger partial charge in [0, 0.05) is 23.2 Å². The van der Waals surface area contributed by atoms with Crippen molar-refractivity contribution in [3.63, 3.8) is 0 Å². The molecule has 1 fully saturated rings. The number of halogens is 1. The van der Waals surface area contributed by atoms with E-state index in [1.165, 1.54) is 6.42 Å². The summed E-state index contributed by atoms with van der Waals surface area (Å²) < 4.78 is 16.3. The molecule has 1 aromatic heterocycles. The molecule has 3 aromatic rings. The summed E-state index contributed by atoms with van der Waals surface area (Å²) in [4.78, 5) is 15.3. The molecule has 0 spiro atoms. The van der Waals surface area contributed by atoms with Gasteiger partial charge in [-0.25, -0.2) is 0 Å². The van der Waals surface area contributed by atoms with E-state index in [2.05, 4.69) is 15.4 Å². The lowest BCUT2D eigenvalue weighted by Gasteiger charge is -2.35. The molecule has 1 aliphatic rings. The number of hydrogen-bond acceptors (Lipinski definition) is 6. The van der Waals surface area contributed by atoms with Crippen LogP contribution in [0.1, 0.15) is 41.4 Å². The van der Waals surface area contributed by atoms with E-state index in [0.29, 0.717) is 28.8 Å². The first-order valence-corrected chi connectivity index (χ1v) is 11.4. The Bertz CT molecular complexity index is 1080. The molecular weight excluding hydrogens is 442 g/mol. The Kier molecular flexibility index (Phi) is 7.52. The standard InChI is InChI=1S/C25H28ClN3O4/c1-31-22-11-8-18(14-24(22)32-2)21(29-12-4-3-5-13-29)16-27-25(30)20-15-23(33-28-20)17-6-9-19(26)10-7-17/h6-11,14-15,21H,3-5,12-13,16H2,1-2H3,(H,27,30). The summed E-state index contributed by atoms with van der Waals surface area (Å²) in [6, 6.07) is 14.8. The molecule has 7 nitrogen and oxygen atoms in total. The number of methoxy groups -OCH3 is 2. The largest absolute Gasteiger partial charge is 0.493 e. The number of amides is 1. The summed E-state index contributed by atoms with van der Waals surface area (Å²) in [6.45, 7) is 2.41. The number of piperidine rings is 1. The van der Waals surface area contributed by atoms with Gasteiger partial charge in [0.25, 0.3) is 5.91 Å². The van der Waals surface area contributed by atoms with Crippen molar-refractivity contribution in [1.82, 2.24) is 15.4 Å². The Morgan fingerprint density at radius 3 is 2.48 bits per heavy atom. The van der Waals surface area contributed by atoms with Gasteiger partial charge in [-0.1, -0.05) is 29.2 Å². The van der Waals surface area contributed by atoms with Crippen molar-refractivity contribution in [2.45, 2.75) is 25.3 Å². The number of carbonyl (C=O) groups is 1. The van der Waals surface area contributed by atoms with Crippen LogP contribution in [0.4, 0.5) is 0 Å². The van der Waals surface area contributed by atoms with Crippen molar-refractivity contribution >= 4 is 17.5 Å². The Morgan fingerprint density at radius 1 is 1.06 bits per heavy atom. The maximum atomic E-state index is 12.9. The van der Waals surface area contributed by atoms with Crippen LogP contribution in [0.5, 0.6) is 11.5 Å². The van der Waals surface area contributed by atoms with E-state index in [0.717, 1.165) is 37.1 Å². The molecule has 0 bridgehead atoms. The zero-order valence-corrected chi connectivity index (χ0v) is 19.6. The van der Waals surface area contributed by atoms with Gasteiger partial charge in [-0.3, -0.25) is 9.69 Å². The lowest BCUT2D eigenvalue weighted by atomic mass is 10.0. The monoisotopic (exact) mass is 469 g/mol. The van der Waals surface area contributed by atoms with Crippen LogP contribution in [-0.2, 0) is 0 Å². The number of nitrogens with zero attached hydrogens (tertiary/aromatic N) is 2. The summed E-state index contributed by atoms with van der Waals surface area (Å²) in [7, 11) is 3.25. The molecule has 2 heterocycles. The highest BCUT2D eigenvalue weighted by Gasteiger charge is 2.25. The number of benzene rings is 2. The lowest BCUT2D eigenvalue weighted by molar-refractivity contribution is 0.0915. The first kappa shape index (κ1) is 23.1. The molecule has 33 heavy (non-hydrogen) atoms. The third kappa shape index (κ3) is 5.49. The van der Waals surface area contributed by atoms with Gasteiger partial charge in [0.2, 0.25) is 0 Å². The molecule has 2 aromatic carbocycles. The molecule has 1 amide bonds. The summed E-state index contributed by atoms with van der Waals surface area (Å²) in [5.74, 6) is 1.60. The van der Waals surface area contributed by atoms with Crippen LogP contribution in [0.15, 0.2) is 53.1 Å². The number of carbonyl (C=O) groups excluding carboxylic acids is 1. The van der Waals surface area contributed by atoms with Crippen LogP contribution in [-0.4, -0.2) is 49.8 Å². The number of rotatable bonds is 8. The summed E-state index contributed by atoms with van der Waals surface area (Å²) in [6.07, 6.45) is 3.52. The van der Waals surface area contributed by atoms with Crippen molar-refractivity contribution in [2.24, 2.45) is 0 Å². The number of hydrogen-bond donors (Lipinski definition) is 1. The van der Waals surface area contributed by atoms with Gasteiger partial charge in [-0.2, -0.15) is 0 Å². The van der Waals surface area contributed by atoms with Crippen LogP contribution < -0.4 is 14.8 Å². The Labute approximate surface area is 198 Å². The van der Waals surface area contributed by atoms with E-state index in [-0.39, 0.29) is 17.6 Å². The SMILES string of the molecule is COc1ccc(C(CNC(=O)c2cc(-c3ccc(Cl)cc3)on2)N2CCCCC2)cc1OC. The average Bonchev–Trinajstić information content (AvgIpc) is 3.35. The normalized spacial score (nSPS) is 15.1. The Morgan fingerprint density at radius 2 is 1.79 bits per heavy atom. The van der Waals surface area contributed by atoms with Gasteiger partial charge in [-0.15, -0.1) is 0 Å². The molecule has 0 radical (unpaired) electrons. The molecule has 8 heteroatoms. The lowest BCUT2D eigenvalue weighted by Crippen LogP contribution is -2.40. The predicted molar refractivity (Wildman–Crippen MR) is 127 cm³/mol. The third-order valence-corrected chi connectivity index (χ3v) is 6.20. The van der Waals surface area contributed by atoms with Gasteiger partial charge in [0.15, 0.2) is 23.0 Å². The second kappa shape index (κ2) is 10.7. The second-order valence-corrected chi connectivity index (χ2v) is 8.46. The average molecular weight is 470 g/mol. The van der Waals surface area contributed by atoms with Crippen molar-refractivity contribution < 1.29 is 18.8 Å². The van der Waals surface area contributed by atoms with Crippen LogP contribution in [0.3, 0.4) is 0 Å². The fraction of sp³-hybridized carbons (Fsp3) is 0.360. The van der Waals surface area contributed by atoms with E-state index < -0.39 is 0 Å². The molecule has 1 atom stereocenters. The molecule has 174 valence electrons. The van der Waals surface area contributed by atoms with Crippen molar-refractivity contribution in [3.05, 3.63) is 64.8 Å². The number of likely N-dealkylation sites (tertiary alicyclic amines) is 1. The van der Waals surface area contributed by atoms with Gasteiger partial charge in [-0.05, 0) is 67.9 Å². The zero-order valence-electron chi connectivity index (χ0n) is 18.8. The highest BCUT2D eigenvalue weighted by molar-refractivity contribution is 6.30. The van der Waals surface area contributed by atoms with Crippen molar-refractivity contribution in [3.8, 4) is 22.8 Å². The van der Waals surface area contributed by atoms with Gasteiger partial charge < -0.3 is 19.3 Å². The van der Waals surface area contributed by atoms with E-state index in [1.54, 1.807) is 32.4 Å². The van der Waals surface area contributed by atoms with Crippen molar-refractivity contribution in [1.29, 1.82) is 0 Å². The quantitative estimate of drug-likeness (QED) is 0.502. The number of aromatic nitrogens is 1. The summed E-state index contributed by atoms with van der Waals surface area (Å²) >= 11 is 5.95. The summed E-state index contributed by atoms with van der Waals surface area (Å²) in [5.41, 5.74) is 2.11. The second-order valence-electron chi connectivity index (χ2n) is 8.02. The van der Waals surface area contributed by atoms with E-state index >= 15 is 0 Å². The topological polar surface area (TPSA) is 76.8 Å². The number of nitrogens with one attached hydrogen (secondary N) is 1. The fourth-order valence-corrected chi connectivity index (χ4v) is 4.29. The Hall–Kier alpha value is -3.03. The van der Waals surface area contributed by atoms with Crippen LogP contribution in [0.25, 0.3) is 11.3 Å². The van der Waals surface area contributed by atoms with Crippen LogP contribution in [0, 0.1) is 0 Å². The molecular formula is C25H28ClN3O4. The molecule has 1 N–H and O–H groups in total. The minimum absolute atomic E-state index is 0.0108. The molecule has 1 aliphatic heterocycles. The maximum Gasteiger partial charge on any atom is 0.273 e. The van der Waals surface area contributed by atoms with Crippen LogP contribution in [0.2, 0.25) is 5.02 Å². The van der Waals surface area contributed by atoms with Crippen LogP contribution >= 0.6 is 11.6 Å². The van der Waals surface area contributed by atoms with Crippen molar-refractivity contribution in [2.75, 3.05) is 33.9 Å². The van der Waals surface area contributed by atoms with E-state index in [9.17, 15) is 4.79 Å². The van der Waals surface area contributed by atoms with E-state index in [1.807, 2.05) is 30.3 Å². The van der Waals surface area contributed by atoms with E-state index in [4.69, 9.17) is 25.6 Å². The Balaban J connectivity index is 1.50. The smallest absolute Gasteiger partial charge is 0.273 e. The maximum absolute atomic E-state index is 12.9. The minimum atomic E-state index is -0.276. The molecule has 0 aliphatic carbocycles. The molecule has 1 unspecified atom stereocenters. The number of ether oxygens (including phenoxy) is 2.